The van der Waals surface area contributed by atoms with Crippen LogP contribution in [0, 0.1) is 0 Å². The minimum Gasteiger partial charge on any atom is -0.423 e. The Morgan fingerprint density at radius 2 is 1.76 bits per heavy atom. The summed E-state index contributed by atoms with van der Waals surface area (Å²) < 4.78 is 31.1. The number of aromatic nitrogens is 1. The Bertz CT molecular complexity index is 1640. The molecule has 0 radical (unpaired) electrons. The minimum absolute atomic E-state index is 0.193. The van der Waals surface area contributed by atoms with Crippen LogP contribution in [0.4, 0.5) is 17.4 Å². The van der Waals surface area contributed by atoms with Crippen LogP contribution in [0.2, 0.25) is 0 Å². The summed E-state index contributed by atoms with van der Waals surface area (Å²) in [7, 11) is -1.33. The third kappa shape index (κ3) is 4.60. The van der Waals surface area contributed by atoms with Crippen LogP contribution in [-0.2, 0) is 16.3 Å². The summed E-state index contributed by atoms with van der Waals surface area (Å²) in [6.45, 7) is 3.47. The molecule has 9 heteroatoms. The fourth-order valence-electron chi connectivity index (χ4n) is 5.09. The van der Waals surface area contributed by atoms with E-state index in [-0.39, 0.29) is 16.7 Å². The predicted octanol–water partition coefficient (Wildman–Crippen LogP) is 4.52. The average Bonchev–Trinajstić information content (AvgIpc) is 3.46. The van der Waals surface area contributed by atoms with Crippen LogP contribution in [0.5, 0.6) is 0 Å². The summed E-state index contributed by atoms with van der Waals surface area (Å²) in [5.41, 5.74) is 6.50. The number of fused-ring (bicyclic) bond motifs is 2. The number of likely N-dealkylation sites (N-methyl/N-ethyl adjacent to an activating group) is 1. The number of rotatable bonds is 5. The molecule has 0 atom stereocenters. The Labute approximate surface area is 215 Å². The largest absolute Gasteiger partial charge is 0.423 e. The second kappa shape index (κ2) is 9.00. The van der Waals surface area contributed by atoms with Gasteiger partial charge in [-0.1, -0.05) is 30.3 Å². The first-order chi connectivity index (χ1) is 17.7. The molecule has 0 saturated carbocycles. The van der Waals surface area contributed by atoms with Crippen molar-refractivity contribution in [3.8, 4) is 11.1 Å². The number of hydrogen-bond acceptors (Lipinski definition) is 8. The van der Waals surface area contributed by atoms with Crippen molar-refractivity contribution in [2.24, 2.45) is 0 Å². The highest BCUT2D eigenvalue weighted by molar-refractivity contribution is 7.90. The van der Waals surface area contributed by atoms with E-state index in [2.05, 4.69) is 33.2 Å². The number of hydrogen-bond donors (Lipinski definition) is 1. The molecular formula is C28H28N4O4S. The number of nitrogens with one attached hydrogen (secondary N) is 1. The number of piperazine rings is 1. The van der Waals surface area contributed by atoms with Gasteiger partial charge in [0, 0.05) is 61.4 Å². The zero-order chi connectivity index (χ0) is 25.7. The third-order valence-corrected chi connectivity index (χ3v) is 8.28. The van der Waals surface area contributed by atoms with Crippen LogP contribution < -0.4 is 10.2 Å². The molecule has 1 aliphatic heterocycles. The summed E-state index contributed by atoms with van der Waals surface area (Å²) in [5, 5.41) is 3.20. The third-order valence-electron chi connectivity index (χ3n) is 7.19. The van der Waals surface area contributed by atoms with Crippen LogP contribution >= 0.6 is 0 Å². The lowest BCUT2D eigenvalue weighted by molar-refractivity contribution is 0.0994. The number of carbonyl (C=O) groups excluding carboxylic acids is 1. The first-order valence-electron chi connectivity index (χ1n) is 12.4. The molecule has 1 saturated heterocycles. The molecule has 0 spiro atoms. The zero-order valence-electron chi connectivity index (χ0n) is 20.8. The number of anilines is 3. The highest BCUT2D eigenvalue weighted by atomic mass is 32.2. The minimum atomic E-state index is -3.42. The number of benzene rings is 3. The number of aryl methyl sites for hydroxylation is 1. The lowest BCUT2D eigenvalue weighted by Crippen LogP contribution is -2.44. The van der Waals surface area contributed by atoms with Gasteiger partial charge in [-0.15, -0.1) is 0 Å². The van der Waals surface area contributed by atoms with E-state index >= 15 is 0 Å². The standard InChI is InChI=1S/C28H28N4O4S/c1-31-10-12-32(13-11-31)21-15-20(16-22(17-21)37(2,34)35)29-28-30-25-5-3-4-24(27(25)36-28)19-6-8-23-18(14-19)7-9-26(23)33/h3-6,8,14-17H,7,9-13H2,1-2H3,(H,29,30). The van der Waals surface area contributed by atoms with Crippen molar-refractivity contribution in [2.75, 3.05) is 49.7 Å². The molecular weight excluding hydrogens is 488 g/mol. The van der Waals surface area contributed by atoms with Gasteiger partial charge in [0.25, 0.3) is 6.01 Å². The smallest absolute Gasteiger partial charge is 0.300 e. The van der Waals surface area contributed by atoms with Crippen LogP contribution in [0.15, 0.2) is 63.9 Å². The lowest BCUT2D eigenvalue weighted by atomic mass is 10.00. The number of oxazole rings is 1. The van der Waals surface area contributed by atoms with Crippen molar-refractivity contribution in [2.45, 2.75) is 17.7 Å². The van der Waals surface area contributed by atoms with Crippen molar-refractivity contribution in [1.82, 2.24) is 9.88 Å². The van der Waals surface area contributed by atoms with Crippen molar-refractivity contribution in [1.29, 1.82) is 0 Å². The van der Waals surface area contributed by atoms with Gasteiger partial charge in [0.1, 0.15) is 5.52 Å². The molecule has 6 rings (SSSR count). The molecule has 0 amide bonds. The monoisotopic (exact) mass is 516 g/mol. The quantitative estimate of drug-likeness (QED) is 0.414. The van der Waals surface area contributed by atoms with Crippen LogP contribution in [0.3, 0.4) is 0 Å². The van der Waals surface area contributed by atoms with Crippen LogP contribution in [0.1, 0.15) is 22.3 Å². The number of sulfone groups is 1. The van der Waals surface area contributed by atoms with Gasteiger partial charge in [0.05, 0.1) is 4.90 Å². The normalized spacial score (nSPS) is 16.4. The van der Waals surface area contributed by atoms with Gasteiger partial charge >= 0.3 is 0 Å². The van der Waals surface area contributed by atoms with E-state index in [9.17, 15) is 13.2 Å². The number of ketones is 1. The van der Waals surface area contributed by atoms with Gasteiger partial charge in [-0.25, -0.2) is 8.42 Å². The number of carbonyl (C=O) groups is 1. The molecule has 1 aromatic heterocycles. The van der Waals surface area contributed by atoms with Gasteiger partial charge in [-0.2, -0.15) is 4.98 Å². The predicted molar refractivity (Wildman–Crippen MR) is 145 cm³/mol. The topological polar surface area (TPSA) is 95.8 Å². The molecule has 0 unspecified atom stereocenters. The Morgan fingerprint density at radius 1 is 0.946 bits per heavy atom. The van der Waals surface area contributed by atoms with Crippen LogP contribution in [0.25, 0.3) is 22.2 Å². The SMILES string of the molecule is CN1CCN(c2cc(Nc3nc4cccc(-c5ccc6c(c5)CCC6=O)c4o3)cc(S(C)(=O)=O)c2)CC1. The fourth-order valence-corrected chi connectivity index (χ4v) is 5.77. The Hall–Kier alpha value is -3.69. The highest BCUT2D eigenvalue weighted by Gasteiger charge is 2.22. The van der Waals surface area contributed by atoms with Gasteiger partial charge in [0.15, 0.2) is 21.2 Å². The fraction of sp³-hybridized carbons (Fsp3) is 0.286. The van der Waals surface area contributed by atoms with Crippen molar-refractivity contribution < 1.29 is 17.6 Å². The molecule has 1 N–H and O–H groups in total. The molecule has 8 nitrogen and oxygen atoms in total. The highest BCUT2D eigenvalue weighted by Crippen LogP contribution is 2.35. The molecule has 1 fully saturated rings. The van der Waals surface area contributed by atoms with E-state index in [1.807, 2.05) is 36.4 Å². The van der Waals surface area contributed by atoms with E-state index in [0.717, 1.165) is 60.5 Å². The van der Waals surface area contributed by atoms with Gasteiger partial charge in [0.2, 0.25) is 0 Å². The molecule has 2 aliphatic rings. The molecule has 4 aromatic rings. The Morgan fingerprint density at radius 3 is 2.54 bits per heavy atom. The zero-order valence-corrected chi connectivity index (χ0v) is 21.6. The lowest BCUT2D eigenvalue weighted by Gasteiger charge is -2.34. The second-order valence-corrected chi connectivity index (χ2v) is 11.9. The van der Waals surface area contributed by atoms with Gasteiger partial charge in [-0.3, -0.25) is 4.79 Å². The number of Topliss-reactive ketones (excluding diaryl/α,β-unsaturated/α-hetero) is 1. The van der Waals surface area contributed by atoms with Crippen molar-refractivity contribution >= 4 is 44.1 Å². The summed E-state index contributed by atoms with van der Waals surface area (Å²) in [6, 6.07) is 17.3. The Balaban J connectivity index is 1.35. The molecule has 190 valence electrons. The second-order valence-electron chi connectivity index (χ2n) is 9.87. The first kappa shape index (κ1) is 23.7. The summed E-state index contributed by atoms with van der Waals surface area (Å²) in [6.07, 6.45) is 2.53. The first-order valence-corrected chi connectivity index (χ1v) is 14.3. The van der Waals surface area contributed by atoms with E-state index in [1.165, 1.54) is 6.26 Å². The van der Waals surface area contributed by atoms with Gasteiger partial charge < -0.3 is 19.5 Å². The molecule has 2 heterocycles. The van der Waals surface area contributed by atoms with Crippen molar-refractivity contribution in [3.63, 3.8) is 0 Å². The van der Waals surface area contributed by atoms with E-state index in [1.54, 1.807) is 12.1 Å². The maximum absolute atomic E-state index is 12.5. The summed E-state index contributed by atoms with van der Waals surface area (Å²) >= 11 is 0. The molecule has 37 heavy (non-hydrogen) atoms. The average molecular weight is 517 g/mol. The molecule has 3 aromatic carbocycles. The molecule has 1 aliphatic carbocycles. The maximum atomic E-state index is 12.5. The summed E-state index contributed by atoms with van der Waals surface area (Å²) in [5.74, 6) is 0.193. The van der Waals surface area contributed by atoms with E-state index in [4.69, 9.17) is 4.42 Å². The van der Waals surface area contributed by atoms with Crippen LogP contribution in [-0.4, -0.2) is 63.6 Å². The maximum Gasteiger partial charge on any atom is 0.300 e. The van der Waals surface area contributed by atoms with E-state index < -0.39 is 9.84 Å². The van der Waals surface area contributed by atoms with E-state index in [0.29, 0.717) is 23.2 Å². The molecule has 0 bridgehead atoms. The number of para-hydroxylation sites is 1. The van der Waals surface area contributed by atoms with Crippen molar-refractivity contribution in [3.05, 3.63) is 65.7 Å². The number of nitrogens with zero attached hydrogens (tertiary/aromatic N) is 3. The Kier molecular flexibility index (Phi) is 5.77. The van der Waals surface area contributed by atoms with Gasteiger partial charge in [-0.05, 0) is 48.9 Å². The summed E-state index contributed by atoms with van der Waals surface area (Å²) in [4.78, 5) is 21.4.